The highest BCUT2D eigenvalue weighted by Crippen LogP contribution is 2.25. The van der Waals surface area contributed by atoms with Gasteiger partial charge in [-0.25, -0.2) is 0 Å². The van der Waals surface area contributed by atoms with Crippen LogP contribution in [0.3, 0.4) is 0 Å². The number of hydrogen-bond acceptors (Lipinski definition) is 4. The lowest BCUT2D eigenvalue weighted by Gasteiger charge is -2.08. The maximum Gasteiger partial charge on any atom is 0.446 e. The second-order valence-electron chi connectivity index (χ2n) is 8.35. The third-order valence-corrected chi connectivity index (χ3v) is 5.96. The Morgan fingerprint density at radius 1 is 0.733 bits per heavy atom. The van der Waals surface area contributed by atoms with E-state index in [0.717, 1.165) is 12.8 Å². The summed E-state index contributed by atoms with van der Waals surface area (Å²) < 4.78 is 34.8. The first-order valence-corrected chi connectivity index (χ1v) is 13.3. The van der Waals surface area contributed by atoms with E-state index in [1.807, 2.05) is 0 Å². The number of aromatic hydroxyl groups is 1. The van der Waals surface area contributed by atoms with Crippen LogP contribution in [0, 0.1) is 0 Å². The minimum atomic E-state index is -4.54. The van der Waals surface area contributed by atoms with Gasteiger partial charge in [-0.15, -0.1) is 0 Å². The molecule has 1 rings (SSSR count). The van der Waals surface area contributed by atoms with Gasteiger partial charge in [0.25, 0.3) is 0 Å². The average Bonchev–Trinajstić information content (AvgIpc) is 2.68. The van der Waals surface area contributed by atoms with Gasteiger partial charge in [0.2, 0.25) is 0 Å². The van der Waals surface area contributed by atoms with E-state index in [4.69, 9.17) is 4.55 Å². The lowest BCUT2D eigenvalue weighted by Crippen LogP contribution is -2.06. The molecule has 0 heterocycles. The molecule has 0 fully saturated rings. The van der Waals surface area contributed by atoms with Gasteiger partial charge in [0, 0.05) is 0 Å². The van der Waals surface area contributed by atoms with Crippen molar-refractivity contribution in [1.29, 1.82) is 0 Å². The van der Waals surface area contributed by atoms with Gasteiger partial charge in [0.15, 0.2) is 0 Å². The fourth-order valence-corrected chi connectivity index (χ4v) is 4.15. The van der Waals surface area contributed by atoms with E-state index in [1.165, 1.54) is 108 Å². The minimum absolute atomic E-state index is 0.0155. The summed E-state index contributed by atoms with van der Waals surface area (Å²) in [5.41, 5.74) is 0.640. The number of phenolic OH excluding ortho intramolecular Hbond substituents is 1. The zero-order valence-electron chi connectivity index (χ0n) is 18.8. The molecular formula is C24H42O5S. The highest BCUT2D eigenvalue weighted by Gasteiger charge is 2.10. The van der Waals surface area contributed by atoms with E-state index in [-0.39, 0.29) is 11.5 Å². The third kappa shape index (κ3) is 14.7. The van der Waals surface area contributed by atoms with Crippen LogP contribution < -0.4 is 4.18 Å². The molecule has 0 spiro atoms. The summed E-state index contributed by atoms with van der Waals surface area (Å²) in [6.07, 6.45) is 21.6. The highest BCUT2D eigenvalue weighted by atomic mass is 32.3. The lowest BCUT2D eigenvalue weighted by molar-refractivity contribution is 0.385. The van der Waals surface area contributed by atoms with Crippen molar-refractivity contribution in [3.63, 3.8) is 0 Å². The van der Waals surface area contributed by atoms with Crippen LogP contribution in [-0.4, -0.2) is 18.1 Å². The second kappa shape index (κ2) is 16.4. The van der Waals surface area contributed by atoms with E-state index in [1.54, 1.807) is 0 Å². The number of aryl methyl sites for hydroxylation is 1. The Kier molecular flexibility index (Phi) is 14.7. The van der Waals surface area contributed by atoms with Gasteiger partial charge in [-0.2, -0.15) is 8.42 Å². The van der Waals surface area contributed by atoms with Crippen molar-refractivity contribution in [2.75, 3.05) is 0 Å². The van der Waals surface area contributed by atoms with E-state index in [2.05, 4.69) is 11.1 Å². The van der Waals surface area contributed by atoms with E-state index in [0.29, 0.717) is 12.0 Å². The zero-order valence-corrected chi connectivity index (χ0v) is 19.6. The van der Waals surface area contributed by atoms with Crippen molar-refractivity contribution in [2.24, 2.45) is 0 Å². The standard InChI is InChI=1S/C24H42O5S/c1-2-3-4-5-6-7-8-9-10-11-12-13-14-15-16-17-18-22-21-23(19-20-24(22)25)29-30(26,27)28/h19-21,25H,2-18H2,1H3,(H,26,27,28). The molecule has 0 aliphatic rings. The molecule has 0 amide bonds. The topological polar surface area (TPSA) is 83.8 Å². The number of benzene rings is 1. The summed E-state index contributed by atoms with van der Waals surface area (Å²) in [4.78, 5) is 0. The quantitative estimate of drug-likeness (QED) is 0.172. The maximum atomic E-state index is 10.8. The minimum Gasteiger partial charge on any atom is -0.508 e. The molecule has 0 atom stereocenters. The van der Waals surface area contributed by atoms with Crippen molar-refractivity contribution in [3.05, 3.63) is 23.8 Å². The number of phenols is 1. The molecule has 5 nitrogen and oxygen atoms in total. The van der Waals surface area contributed by atoms with Crippen LogP contribution in [-0.2, 0) is 16.8 Å². The summed E-state index contributed by atoms with van der Waals surface area (Å²) in [5.74, 6) is 0.139. The van der Waals surface area contributed by atoms with Gasteiger partial charge >= 0.3 is 10.4 Å². The molecule has 0 saturated heterocycles. The van der Waals surface area contributed by atoms with E-state index in [9.17, 15) is 13.5 Å². The molecule has 6 heteroatoms. The molecule has 174 valence electrons. The normalized spacial score (nSPS) is 11.7. The molecule has 2 N–H and O–H groups in total. The van der Waals surface area contributed by atoms with E-state index < -0.39 is 10.4 Å². The Labute approximate surface area is 184 Å². The van der Waals surface area contributed by atoms with Gasteiger partial charge in [-0.1, -0.05) is 103 Å². The molecule has 0 aliphatic carbocycles. The van der Waals surface area contributed by atoms with Crippen LogP contribution in [0.25, 0.3) is 0 Å². The fourth-order valence-electron chi connectivity index (χ4n) is 3.80. The van der Waals surface area contributed by atoms with Gasteiger partial charge < -0.3 is 9.29 Å². The molecule has 0 aromatic heterocycles. The first-order chi connectivity index (χ1) is 14.4. The fraction of sp³-hybridized carbons (Fsp3) is 0.750. The van der Waals surface area contributed by atoms with Crippen LogP contribution in [0.4, 0.5) is 0 Å². The van der Waals surface area contributed by atoms with Crippen LogP contribution in [0.15, 0.2) is 18.2 Å². The van der Waals surface area contributed by atoms with Gasteiger partial charge in [0.1, 0.15) is 11.5 Å². The van der Waals surface area contributed by atoms with Crippen molar-refractivity contribution < 1.29 is 22.3 Å². The van der Waals surface area contributed by atoms with Crippen molar-refractivity contribution >= 4 is 10.4 Å². The second-order valence-corrected chi connectivity index (χ2v) is 9.38. The SMILES string of the molecule is CCCCCCCCCCCCCCCCCCc1cc(OS(=O)(=O)O)ccc1O. The first kappa shape index (κ1) is 26.8. The highest BCUT2D eigenvalue weighted by molar-refractivity contribution is 7.81. The smallest absolute Gasteiger partial charge is 0.446 e. The third-order valence-electron chi connectivity index (χ3n) is 5.55. The maximum absolute atomic E-state index is 10.8. The number of unbranched alkanes of at least 4 members (excludes halogenated alkanes) is 15. The molecule has 0 aliphatic heterocycles. The van der Waals surface area contributed by atoms with Gasteiger partial charge in [-0.05, 0) is 36.6 Å². The van der Waals surface area contributed by atoms with Crippen LogP contribution in [0.5, 0.6) is 11.5 Å². The summed E-state index contributed by atoms with van der Waals surface area (Å²) in [7, 11) is -4.54. The molecule has 0 radical (unpaired) electrons. The Morgan fingerprint density at radius 3 is 1.60 bits per heavy atom. The Bertz CT molecular complexity index is 658. The molecule has 0 saturated carbocycles. The molecule has 0 unspecified atom stereocenters. The predicted octanol–water partition coefficient (Wildman–Crippen LogP) is 7.38. The molecular weight excluding hydrogens is 400 g/mol. The van der Waals surface area contributed by atoms with Crippen molar-refractivity contribution in [3.8, 4) is 11.5 Å². The average molecular weight is 443 g/mol. The van der Waals surface area contributed by atoms with E-state index >= 15 is 0 Å². The lowest BCUT2D eigenvalue weighted by atomic mass is 10.0. The Morgan fingerprint density at radius 2 is 1.17 bits per heavy atom. The zero-order chi connectivity index (χ0) is 22.1. The van der Waals surface area contributed by atoms with Gasteiger partial charge in [-0.3, -0.25) is 4.55 Å². The first-order valence-electron chi connectivity index (χ1n) is 11.9. The summed E-state index contributed by atoms with van der Waals surface area (Å²) >= 11 is 0. The summed E-state index contributed by atoms with van der Waals surface area (Å²) in [5, 5.41) is 9.89. The summed E-state index contributed by atoms with van der Waals surface area (Å²) in [6, 6.07) is 4.18. The molecule has 1 aromatic carbocycles. The molecule has 30 heavy (non-hydrogen) atoms. The van der Waals surface area contributed by atoms with Crippen LogP contribution >= 0.6 is 0 Å². The number of hydrogen-bond donors (Lipinski definition) is 2. The predicted molar refractivity (Wildman–Crippen MR) is 124 cm³/mol. The summed E-state index contributed by atoms with van der Waals surface area (Å²) in [6.45, 7) is 2.26. The largest absolute Gasteiger partial charge is 0.508 e. The molecule has 1 aromatic rings. The Hall–Kier alpha value is -1.27. The Balaban J connectivity index is 1.97. The van der Waals surface area contributed by atoms with Crippen LogP contribution in [0.1, 0.15) is 115 Å². The van der Waals surface area contributed by atoms with Crippen molar-refractivity contribution in [1.82, 2.24) is 0 Å². The number of rotatable bonds is 19. The van der Waals surface area contributed by atoms with Crippen molar-refractivity contribution in [2.45, 2.75) is 116 Å². The van der Waals surface area contributed by atoms with Crippen LogP contribution in [0.2, 0.25) is 0 Å². The van der Waals surface area contributed by atoms with Gasteiger partial charge in [0.05, 0.1) is 0 Å². The monoisotopic (exact) mass is 442 g/mol. The molecule has 0 bridgehead atoms.